The molecule has 3 aromatic rings. The predicted molar refractivity (Wildman–Crippen MR) is 108 cm³/mol. The Balaban J connectivity index is 1.98. The van der Waals surface area contributed by atoms with Crippen LogP contribution in [0.4, 0.5) is 22.0 Å². The molecule has 1 fully saturated rings. The predicted octanol–water partition coefficient (Wildman–Crippen LogP) is 4.32. The number of nitrogens with one attached hydrogen (secondary N) is 2. The van der Waals surface area contributed by atoms with Crippen molar-refractivity contribution >= 4 is 11.0 Å². The molecule has 3 heterocycles. The number of ether oxygens (including phenoxy) is 2. The molecule has 0 spiro atoms. The summed E-state index contributed by atoms with van der Waals surface area (Å²) >= 11 is 0. The fourth-order valence-corrected chi connectivity index (χ4v) is 4.45. The number of alkyl halides is 3. The molecule has 1 aromatic carbocycles. The first-order valence-electron chi connectivity index (χ1n) is 9.91. The molecule has 0 amide bonds. The average molecular weight is 470 g/mol. The van der Waals surface area contributed by atoms with Crippen LogP contribution in [0.2, 0.25) is 0 Å². The largest absolute Gasteiger partial charge is 0.493 e. The molecule has 1 aliphatic rings. The number of aromatic amines is 2. The maximum atomic E-state index is 14.5. The van der Waals surface area contributed by atoms with Gasteiger partial charge in [-0.05, 0) is 13.0 Å². The maximum Gasteiger partial charge on any atom is 0.417 e. The Hall–Kier alpha value is -3.21. The van der Waals surface area contributed by atoms with Crippen LogP contribution in [0.3, 0.4) is 0 Å². The van der Waals surface area contributed by atoms with Crippen LogP contribution >= 0.6 is 0 Å². The van der Waals surface area contributed by atoms with Crippen molar-refractivity contribution in [2.24, 2.45) is 5.92 Å². The van der Waals surface area contributed by atoms with Gasteiger partial charge in [0.05, 0.1) is 12.8 Å². The van der Waals surface area contributed by atoms with Gasteiger partial charge >= 0.3 is 6.18 Å². The standard InChI is InChI=1S/C22H19F5N2O4/c1-9-15(10-4-5-11(23)17(24)18(10)32-3)19(33-21(9,2)22(25,26)27)12-8-14(31)16-13(30)6-7-28-20(16)29-12/h4-9,15,19H,1-3H3,(H2,28,29,30,31)/t9-,15-,19-,21+/m0/s1. The van der Waals surface area contributed by atoms with E-state index in [0.29, 0.717) is 0 Å². The third-order valence-electron chi connectivity index (χ3n) is 6.38. The molecule has 4 atom stereocenters. The van der Waals surface area contributed by atoms with Gasteiger partial charge in [-0.3, -0.25) is 9.59 Å². The summed E-state index contributed by atoms with van der Waals surface area (Å²) in [6, 6.07) is 4.05. The van der Waals surface area contributed by atoms with Crippen LogP contribution in [0, 0.1) is 17.6 Å². The Morgan fingerprint density at radius 1 is 1.12 bits per heavy atom. The van der Waals surface area contributed by atoms with Gasteiger partial charge in [0, 0.05) is 35.7 Å². The number of aromatic nitrogens is 2. The SMILES string of the molecule is COc1c([C@H]2[C@H](c3cc(=O)c4c(=O)cc[nH]c4[nH]3)O[C@@](C)(C(F)(F)F)[C@H]2C)ccc(F)c1F. The quantitative estimate of drug-likeness (QED) is 0.559. The molecule has 1 saturated heterocycles. The zero-order valence-corrected chi connectivity index (χ0v) is 17.6. The van der Waals surface area contributed by atoms with E-state index in [4.69, 9.17) is 9.47 Å². The van der Waals surface area contributed by atoms with Gasteiger partial charge in [-0.2, -0.15) is 17.6 Å². The smallest absolute Gasteiger partial charge is 0.417 e. The van der Waals surface area contributed by atoms with Gasteiger partial charge in [0.1, 0.15) is 17.1 Å². The van der Waals surface area contributed by atoms with Crippen LogP contribution in [0.25, 0.3) is 11.0 Å². The minimum absolute atomic E-state index is 0.00198. The lowest BCUT2D eigenvalue weighted by molar-refractivity contribution is -0.275. The average Bonchev–Trinajstić information content (AvgIpc) is 3.02. The summed E-state index contributed by atoms with van der Waals surface area (Å²) in [4.78, 5) is 30.1. The highest BCUT2D eigenvalue weighted by Gasteiger charge is 2.65. The third-order valence-corrected chi connectivity index (χ3v) is 6.38. The zero-order chi connectivity index (χ0) is 24.3. The van der Waals surface area contributed by atoms with Crippen molar-refractivity contribution in [2.45, 2.75) is 37.6 Å². The molecule has 0 radical (unpaired) electrons. The van der Waals surface area contributed by atoms with Gasteiger partial charge in [0.15, 0.2) is 28.0 Å². The molecular weight excluding hydrogens is 451 g/mol. The molecule has 6 nitrogen and oxygen atoms in total. The van der Waals surface area contributed by atoms with Gasteiger partial charge in [0.2, 0.25) is 5.82 Å². The van der Waals surface area contributed by atoms with Crippen molar-refractivity contribution in [3.8, 4) is 5.75 Å². The number of methoxy groups -OCH3 is 1. The molecule has 11 heteroatoms. The van der Waals surface area contributed by atoms with E-state index in [-0.39, 0.29) is 22.3 Å². The Kier molecular flexibility index (Phi) is 5.35. The molecule has 0 unspecified atom stereocenters. The number of H-pyrrole nitrogens is 2. The van der Waals surface area contributed by atoms with Gasteiger partial charge in [0.25, 0.3) is 0 Å². The van der Waals surface area contributed by atoms with E-state index in [2.05, 4.69) is 9.97 Å². The second kappa shape index (κ2) is 7.68. The first kappa shape index (κ1) is 23.0. The minimum atomic E-state index is -4.82. The first-order valence-corrected chi connectivity index (χ1v) is 9.91. The molecule has 1 aliphatic heterocycles. The normalized spacial score (nSPS) is 25.5. The molecule has 2 N–H and O–H groups in total. The molecule has 0 saturated carbocycles. The lowest BCUT2D eigenvalue weighted by Gasteiger charge is -2.32. The van der Waals surface area contributed by atoms with Crippen molar-refractivity contribution in [1.82, 2.24) is 9.97 Å². The molecule has 2 aromatic heterocycles. The van der Waals surface area contributed by atoms with E-state index in [1.807, 2.05) is 0 Å². The van der Waals surface area contributed by atoms with E-state index < -0.39 is 58.0 Å². The van der Waals surface area contributed by atoms with Crippen LogP contribution in [-0.2, 0) is 4.74 Å². The van der Waals surface area contributed by atoms with Crippen molar-refractivity contribution in [2.75, 3.05) is 7.11 Å². The topological polar surface area (TPSA) is 84.2 Å². The number of hydrogen-bond donors (Lipinski definition) is 2. The highest BCUT2D eigenvalue weighted by molar-refractivity contribution is 5.74. The fraction of sp³-hybridized carbons (Fsp3) is 0.364. The van der Waals surface area contributed by atoms with Crippen molar-refractivity contribution in [3.05, 3.63) is 73.8 Å². The first-order chi connectivity index (χ1) is 15.4. The highest BCUT2D eigenvalue weighted by atomic mass is 19.4. The minimum Gasteiger partial charge on any atom is -0.493 e. The van der Waals surface area contributed by atoms with Gasteiger partial charge in [-0.15, -0.1) is 0 Å². The summed E-state index contributed by atoms with van der Waals surface area (Å²) in [5.74, 6) is -5.62. The monoisotopic (exact) mass is 470 g/mol. The third kappa shape index (κ3) is 3.41. The van der Waals surface area contributed by atoms with Gasteiger partial charge in [-0.1, -0.05) is 13.0 Å². The molecule has 176 valence electrons. The molecule has 0 aliphatic carbocycles. The summed E-state index contributed by atoms with van der Waals surface area (Å²) in [6.45, 7) is 2.14. The van der Waals surface area contributed by atoms with Crippen LogP contribution in [0.5, 0.6) is 5.75 Å². The summed E-state index contributed by atoms with van der Waals surface area (Å²) in [5.41, 5.74) is -4.10. The number of hydrogen-bond acceptors (Lipinski definition) is 4. The second-order valence-corrected chi connectivity index (χ2v) is 8.12. The lowest BCUT2D eigenvalue weighted by Crippen LogP contribution is -2.46. The van der Waals surface area contributed by atoms with E-state index in [0.717, 1.165) is 38.3 Å². The number of fused-ring (bicyclic) bond motifs is 1. The Bertz CT molecular complexity index is 1350. The Labute approximate surface area is 183 Å². The Morgan fingerprint density at radius 2 is 1.82 bits per heavy atom. The molecular formula is C22H19F5N2O4. The van der Waals surface area contributed by atoms with Crippen molar-refractivity contribution in [3.63, 3.8) is 0 Å². The number of pyridine rings is 2. The molecule has 33 heavy (non-hydrogen) atoms. The second-order valence-electron chi connectivity index (χ2n) is 8.12. The summed E-state index contributed by atoms with van der Waals surface area (Å²) in [6.07, 6.45) is -4.97. The van der Waals surface area contributed by atoms with Gasteiger partial charge < -0.3 is 19.4 Å². The van der Waals surface area contributed by atoms with E-state index in [1.54, 1.807) is 0 Å². The van der Waals surface area contributed by atoms with Crippen molar-refractivity contribution in [1.29, 1.82) is 0 Å². The van der Waals surface area contributed by atoms with E-state index in [9.17, 15) is 31.5 Å². The summed E-state index contributed by atoms with van der Waals surface area (Å²) < 4.78 is 81.0. The lowest BCUT2D eigenvalue weighted by atomic mass is 9.76. The number of benzene rings is 1. The maximum absolute atomic E-state index is 14.5. The van der Waals surface area contributed by atoms with Crippen LogP contribution in [0.1, 0.15) is 37.1 Å². The van der Waals surface area contributed by atoms with E-state index in [1.165, 1.54) is 13.1 Å². The Morgan fingerprint density at radius 3 is 2.45 bits per heavy atom. The zero-order valence-electron chi connectivity index (χ0n) is 17.6. The molecule has 0 bridgehead atoms. The summed E-state index contributed by atoms with van der Waals surface area (Å²) in [5, 5.41) is -0.201. The van der Waals surface area contributed by atoms with Crippen LogP contribution in [-0.4, -0.2) is 28.9 Å². The van der Waals surface area contributed by atoms with Crippen LogP contribution < -0.4 is 15.6 Å². The highest BCUT2D eigenvalue weighted by Crippen LogP contribution is 2.59. The number of halogens is 5. The van der Waals surface area contributed by atoms with Crippen LogP contribution in [0.15, 0.2) is 40.1 Å². The molecule has 4 rings (SSSR count). The number of rotatable bonds is 3. The summed E-state index contributed by atoms with van der Waals surface area (Å²) in [7, 11) is 1.07. The van der Waals surface area contributed by atoms with Crippen molar-refractivity contribution < 1.29 is 31.4 Å². The van der Waals surface area contributed by atoms with E-state index >= 15 is 0 Å². The fourth-order valence-electron chi connectivity index (χ4n) is 4.45. The van der Waals surface area contributed by atoms with Gasteiger partial charge in [-0.25, -0.2) is 4.39 Å².